The number of nitriles is 1. The first-order chi connectivity index (χ1) is 11.7. The summed E-state index contributed by atoms with van der Waals surface area (Å²) in [6, 6.07) is 0.954. The molecule has 1 saturated carbocycles. The third-order valence-corrected chi connectivity index (χ3v) is 7.45. The molecule has 0 aromatic rings. The molecule has 0 bridgehead atoms. The number of hydrogen-bond acceptors (Lipinski definition) is 4. The van der Waals surface area contributed by atoms with Gasteiger partial charge in [0.15, 0.2) is 0 Å². The maximum absolute atomic E-state index is 12.9. The lowest BCUT2D eigenvalue weighted by molar-refractivity contribution is -0.142. The highest BCUT2D eigenvalue weighted by atomic mass is 32.2. The molecular formula is C20H32N2OS. The van der Waals surface area contributed by atoms with Gasteiger partial charge in [-0.15, -0.1) is 0 Å². The first-order valence-corrected chi connectivity index (χ1v) is 11.0. The van der Waals surface area contributed by atoms with Crippen molar-refractivity contribution < 1.29 is 4.79 Å². The molecule has 3 nitrogen and oxygen atoms in total. The summed E-state index contributed by atoms with van der Waals surface area (Å²) in [4.78, 5) is 15.7. The van der Waals surface area contributed by atoms with Gasteiger partial charge >= 0.3 is 0 Å². The van der Waals surface area contributed by atoms with Gasteiger partial charge in [-0.2, -0.15) is 5.26 Å². The largest absolute Gasteiger partial charge is 0.299 e. The predicted octanol–water partition coefficient (Wildman–Crippen LogP) is 4.91. The van der Waals surface area contributed by atoms with Gasteiger partial charge in [0.2, 0.25) is 0 Å². The fraction of sp³-hybridized carbons (Fsp3) is 0.900. The third-order valence-electron chi connectivity index (χ3n) is 6.77. The zero-order chi connectivity index (χ0) is 17.0. The molecule has 0 radical (unpaired) electrons. The predicted molar refractivity (Wildman–Crippen MR) is 99.8 cm³/mol. The molecule has 1 unspecified atom stereocenters. The minimum absolute atomic E-state index is 0.156. The Bertz CT molecular complexity index is 489. The number of carbonyl (C=O) groups excluding carboxylic acids is 1. The van der Waals surface area contributed by atoms with E-state index in [1.807, 2.05) is 0 Å². The molecule has 134 valence electrons. The number of nitrogens with zero attached hydrogens (tertiary/aromatic N) is 2. The van der Waals surface area contributed by atoms with Crippen LogP contribution < -0.4 is 0 Å². The van der Waals surface area contributed by atoms with E-state index in [1.54, 1.807) is 0 Å². The van der Waals surface area contributed by atoms with Crippen LogP contribution in [0.5, 0.6) is 0 Å². The lowest BCUT2D eigenvalue weighted by Crippen LogP contribution is -2.64. The normalized spacial score (nSPS) is 36.2. The van der Waals surface area contributed by atoms with Crippen LogP contribution in [-0.2, 0) is 4.79 Å². The minimum atomic E-state index is 0.156. The number of hydrogen-bond donors (Lipinski definition) is 0. The number of ketones is 1. The van der Waals surface area contributed by atoms with Crippen molar-refractivity contribution in [2.24, 2.45) is 5.92 Å². The Balaban J connectivity index is 1.78. The summed E-state index contributed by atoms with van der Waals surface area (Å²) >= 11 is 1.41. The van der Waals surface area contributed by atoms with E-state index < -0.39 is 0 Å². The first-order valence-electron chi connectivity index (χ1n) is 10.0. The molecular weight excluding hydrogens is 316 g/mol. The van der Waals surface area contributed by atoms with Gasteiger partial charge in [0.25, 0.3) is 0 Å². The van der Waals surface area contributed by atoms with E-state index in [2.05, 4.69) is 17.2 Å². The van der Waals surface area contributed by atoms with Crippen LogP contribution in [-0.4, -0.2) is 34.1 Å². The number of rotatable bonds is 7. The Morgan fingerprint density at radius 1 is 1.21 bits per heavy atom. The van der Waals surface area contributed by atoms with Gasteiger partial charge in [0, 0.05) is 35.7 Å². The monoisotopic (exact) mass is 348 g/mol. The second-order valence-corrected chi connectivity index (χ2v) is 8.88. The molecule has 1 aliphatic carbocycles. The van der Waals surface area contributed by atoms with Gasteiger partial charge < -0.3 is 0 Å². The van der Waals surface area contributed by atoms with Gasteiger partial charge in [-0.05, 0) is 43.9 Å². The molecule has 3 aliphatic rings. The van der Waals surface area contributed by atoms with E-state index in [0.717, 1.165) is 18.6 Å². The average Bonchev–Trinajstić information content (AvgIpc) is 2.95. The van der Waals surface area contributed by atoms with Gasteiger partial charge in [0.1, 0.15) is 11.2 Å². The summed E-state index contributed by atoms with van der Waals surface area (Å²) in [5.41, 5.74) is 0.156. The van der Waals surface area contributed by atoms with Crippen molar-refractivity contribution in [3.8, 4) is 5.40 Å². The number of unbranched alkanes of at least 4 members (excludes halogenated alkanes) is 3. The van der Waals surface area contributed by atoms with Crippen LogP contribution in [0.1, 0.15) is 84.0 Å². The fourth-order valence-corrected chi connectivity index (χ4v) is 6.41. The Hall–Kier alpha value is -0.530. The molecule has 1 spiro atoms. The van der Waals surface area contributed by atoms with E-state index in [1.165, 1.54) is 76.0 Å². The summed E-state index contributed by atoms with van der Waals surface area (Å²) < 4.78 is 0. The number of thioether (sulfide) groups is 1. The van der Waals surface area contributed by atoms with E-state index in [4.69, 9.17) is 5.26 Å². The average molecular weight is 349 g/mol. The molecule has 2 saturated heterocycles. The molecule has 4 heteroatoms. The van der Waals surface area contributed by atoms with Crippen LogP contribution in [0.25, 0.3) is 0 Å². The highest BCUT2D eigenvalue weighted by Gasteiger charge is 2.58. The summed E-state index contributed by atoms with van der Waals surface area (Å²) in [5, 5.41) is 11.3. The van der Waals surface area contributed by atoms with E-state index in [-0.39, 0.29) is 11.5 Å². The zero-order valence-electron chi connectivity index (χ0n) is 15.1. The number of piperidine rings is 1. The van der Waals surface area contributed by atoms with Crippen molar-refractivity contribution in [2.75, 3.05) is 5.75 Å². The maximum Gasteiger partial charge on any atom is 0.139 e. The molecule has 0 aromatic heterocycles. The van der Waals surface area contributed by atoms with Gasteiger partial charge in [-0.3, -0.25) is 9.69 Å². The van der Waals surface area contributed by atoms with Crippen LogP contribution >= 0.6 is 11.8 Å². The lowest BCUT2D eigenvalue weighted by atomic mass is 9.65. The van der Waals surface area contributed by atoms with Crippen molar-refractivity contribution in [1.29, 1.82) is 5.26 Å². The highest BCUT2D eigenvalue weighted by Crippen LogP contribution is 2.53. The maximum atomic E-state index is 12.9. The second-order valence-electron chi connectivity index (χ2n) is 8.08. The minimum Gasteiger partial charge on any atom is -0.299 e. The summed E-state index contributed by atoms with van der Waals surface area (Å²) in [5.74, 6) is 1.76. The van der Waals surface area contributed by atoms with Crippen molar-refractivity contribution >= 4 is 17.5 Å². The van der Waals surface area contributed by atoms with E-state index in [9.17, 15) is 4.79 Å². The van der Waals surface area contributed by atoms with Crippen LogP contribution in [0.2, 0.25) is 0 Å². The van der Waals surface area contributed by atoms with Crippen LogP contribution in [0.15, 0.2) is 0 Å². The van der Waals surface area contributed by atoms with Crippen molar-refractivity contribution in [2.45, 2.75) is 102 Å². The molecule has 2 aliphatic heterocycles. The van der Waals surface area contributed by atoms with Crippen molar-refractivity contribution in [1.82, 2.24) is 4.90 Å². The highest BCUT2D eigenvalue weighted by molar-refractivity contribution is 8.03. The molecule has 24 heavy (non-hydrogen) atoms. The molecule has 0 N–H and O–H groups in total. The summed E-state index contributed by atoms with van der Waals surface area (Å²) in [6.07, 6.45) is 14.3. The fourth-order valence-electron chi connectivity index (χ4n) is 5.82. The van der Waals surface area contributed by atoms with Gasteiger partial charge in [0.05, 0.1) is 0 Å². The molecule has 0 amide bonds. The quantitative estimate of drug-likeness (QED) is 0.484. The first kappa shape index (κ1) is 18.3. The molecule has 2 heterocycles. The van der Waals surface area contributed by atoms with Gasteiger partial charge in [-0.1, -0.05) is 45.4 Å². The van der Waals surface area contributed by atoms with Crippen molar-refractivity contribution in [3.05, 3.63) is 0 Å². The number of Topliss-reactive ketones (excluding diaryl/α,β-unsaturated/α-hetero) is 1. The Morgan fingerprint density at radius 2 is 2.08 bits per heavy atom. The number of thiocyanates is 1. The Labute approximate surface area is 151 Å². The Morgan fingerprint density at radius 3 is 2.88 bits per heavy atom. The van der Waals surface area contributed by atoms with Crippen LogP contribution in [0, 0.1) is 16.6 Å². The molecule has 3 fully saturated rings. The molecule has 4 atom stereocenters. The smallest absolute Gasteiger partial charge is 0.139 e. The summed E-state index contributed by atoms with van der Waals surface area (Å²) in [6.45, 7) is 2.25. The van der Waals surface area contributed by atoms with E-state index >= 15 is 0 Å². The zero-order valence-corrected chi connectivity index (χ0v) is 16.0. The standard InChI is InChI=1S/C20H32N2OS/c1-2-3-4-5-8-16-13-19(23)18-9-6-7-11-20(18)12-10-17(22(16)20)14-24-15-21/h16-18H,2-14H2,1H3/t16-,17+,18?,20+/m0/s1. The summed E-state index contributed by atoms with van der Waals surface area (Å²) in [7, 11) is 0. The van der Waals surface area contributed by atoms with Gasteiger partial charge in [-0.25, -0.2) is 0 Å². The Kier molecular flexibility index (Phi) is 6.27. The topological polar surface area (TPSA) is 44.1 Å². The third kappa shape index (κ3) is 3.40. The van der Waals surface area contributed by atoms with Crippen LogP contribution in [0.4, 0.5) is 0 Å². The lowest BCUT2D eigenvalue weighted by Gasteiger charge is -2.55. The van der Waals surface area contributed by atoms with Crippen molar-refractivity contribution in [3.63, 3.8) is 0 Å². The SMILES string of the molecule is CCCCCC[C@H]1CC(=O)C2CCCC[C@@]23CC[C@H](CSC#N)N13. The molecule has 3 rings (SSSR count). The van der Waals surface area contributed by atoms with E-state index in [0.29, 0.717) is 17.9 Å². The molecule has 0 aromatic carbocycles. The number of carbonyl (C=O) groups is 1. The van der Waals surface area contributed by atoms with Crippen LogP contribution in [0.3, 0.4) is 0 Å². The second kappa shape index (κ2) is 8.23.